The van der Waals surface area contributed by atoms with Crippen molar-refractivity contribution in [2.24, 2.45) is 0 Å². The lowest BCUT2D eigenvalue weighted by Crippen LogP contribution is -2.32. The zero-order valence-electron chi connectivity index (χ0n) is 11.8. The van der Waals surface area contributed by atoms with E-state index in [9.17, 15) is 4.79 Å². The van der Waals surface area contributed by atoms with Gasteiger partial charge in [-0.2, -0.15) is 0 Å². The molecule has 2 rings (SSSR count). The van der Waals surface area contributed by atoms with E-state index in [2.05, 4.69) is 43.4 Å². The van der Waals surface area contributed by atoms with Crippen molar-refractivity contribution in [3.8, 4) is 0 Å². The van der Waals surface area contributed by atoms with Crippen LogP contribution in [0.4, 0.5) is 0 Å². The quantitative estimate of drug-likeness (QED) is 0.828. The Bertz CT molecular complexity index is 407. The summed E-state index contributed by atoms with van der Waals surface area (Å²) < 4.78 is 5.34. The second-order valence-corrected chi connectivity index (χ2v) is 5.31. The van der Waals surface area contributed by atoms with Crippen LogP contribution in [0.25, 0.3) is 0 Å². The molecule has 1 N–H and O–H groups in total. The monoisotopic (exact) mass is 261 g/mol. The number of carbonyl (C=O) groups is 1. The number of hydrogen-bond acceptors (Lipinski definition) is 3. The third-order valence-electron chi connectivity index (χ3n) is 3.89. The number of esters is 1. The van der Waals surface area contributed by atoms with E-state index in [1.165, 1.54) is 5.56 Å². The minimum atomic E-state index is -0.122. The average molecular weight is 261 g/mol. The van der Waals surface area contributed by atoms with Gasteiger partial charge in [0, 0.05) is 0 Å². The fourth-order valence-electron chi connectivity index (χ4n) is 2.32. The Morgan fingerprint density at radius 2 is 2.16 bits per heavy atom. The molecule has 104 valence electrons. The van der Waals surface area contributed by atoms with Crippen LogP contribution in [0.1, 0.15) is 50.2 Å². The summed E-state index contributed by atoms with van der Waals surface area (Å²) in [7, 11) is 0. The SMILES string of the molecule is CCC(C)c1ccc(COC(=O)C2CCCN2)cc1. The maximum Gasteiger partial charge on any atom is 0.323 e. The molecule has 19 heavy (non-hydrogen) atoms. The van der Waals surface area contributed by atoms with Crippen molar-refractivity contribution in [3.05, 3.63) is 35.4 Å². The lowest BCUT2D eigenvalue weighted by molar-refractivity contribution is -0.147. The Balaban J connectivity index is 1.84. The highest BCUT2D eigenvalue weighted by Crippen LogP contribution is 2.19. The van der Waals surface area contributed by atoms with Gasteiger partial charge < -0.3 is 10.1 Å². The van der Waals surface area contributed by atoms with Crippen LogP contribution in [0, 0.1) is 0 Å². The van der Waals surface area contributed by atoms with Gasteiger partial charge in [0.25, 0.3) is 0 Å². The van der Waals surface area contributed by atoms with Crippen LogP contribution in [-0.2, 0) is 16.1 Å². The third kappa shape index (κ3) is 3.80. The number of rotatable bonds is 5. The van der Waals surface area contributed by atoms with Crippen LogP contribution in [0.2, 0.25) is 0 Å². The van der Waals surface area contributed by atoms with Crippen LogP contribution < -0.4 is 5.32 Å². The Morgan fingerprint density at radius 3 is 2.74 bits per heavy atom. The summed E-state index contributed by atoms with van der Waals surface area (Å²) in [6.45, 7) is 5.71. The summed E-state index contributed by atoms with van der Waals surface area (Å²) in [5.74, 6) is 0.461. The van der Waals surface area contributed by atoms with Gasteiger partial charge in [0.15, 0.2) is 0 Å². The second kappa shape index (κ2) is 6.71. The summed E-state index contributed by atoms with van der Waals surface area (Å²) in [5, 5.41) is 3.15. The fraction of sp³-hybridized carbons (Fsp3) is 0.562. The van der Waals surface area contributed by atoms with Gasteiger partial charge in [-0.05, 0) is 42.9 Å². The zero-order chi connectivity index (χ0) is 13.7. The van der Waals surface area contributed by atoms with Crippen LogP contribution in [-0.4, -0.2) is 18.6 Å². The van der Waals surface area contributed by atoms with Crippen molar-refractivity contribution in [2.45, 2.75) is 51.7 Å². The summed E-state index contributed by atoms with van der Waals surface area (Å²) in [4.78, 5) is 11.8. The van der Waals surface area contributed by atoms with Gasteiger partial charge in [-0.3, -0.25) is 4.79 Å². The summed E-state index contributed by atoms with van der Waals surface area (Å²) >= 11 is 0. The Labute approximate surface area is 115 Å². The maximum absolute atomic E-state index is 11.8. The fourth-order valence-corrected chi connectivity index (χ4v) is 2.32. The van der Waals surface area contributed by atoms with E-state index in [4.69, 9.17) is 4.74 Å². The summed E-state index contributed by atoms with van der Waals surface area (Å²) in [6, 6.07) is 8.27. The first-order valence-electron chi connectivity index (χ1n) is 7.19. The molecule has 0 saturated carbocycles. The lowest BCUT2D eigenvalue weighted by Gasteiger charge is -2.12. The van der Waals surface area contributed by atoms with Crippen LogP contribution in [0.15, 0.2) is 24.3 Å². The van der Waals surface area contributed by atoms with Crippen molar-refractivity contribution >= 4 is 5.97 Å². The first kappa shape index (κ1) is 14.1. The molecule has 3 heteroatoms. The average Bonchev–Trinajstić information content (AvgIpc) is 2.98. The van der Waals surface area contributed by atoms with Gasteiger partial charge in [0.2, 0.25) is 0 Å². The van der Waals surface area contributed by atoms with E-state index in [1.54, 1.807) is 0 Å². The molecule has 0 aromatic heterocycles. The van der Waals surface area contributed by atoms with Crippen molar-refractivity contribution in [2.75, 3.05) is 6.54 Å². The number of benzene rings is 1. The van der Waals surface area contributed by atoms with Crippen LogP contribution in [0.5, 0.6) is 0 Å². The molecule has 0 spiro atoms. The number of hydrogen-bond donors (Lipinski definition) is 1. The van der Waals surface area contributed by atoms with Crippen LogP contribution >= 0.6 is 0 Å². The number of nitrogens with one attached hydrogen (secondary N) is 1. The molecule has 2 unspecified atom stereocenters. The van der Waals surface area contributed by atoms with Gasteiger partial charge in [-0.25, -0.2) is 0 Å². The molecule has 0 radical (unpaired) electrons. The minimum absolute atomic E-state index is 0.0978. The van der Waals surface area contributed by atoms with Crippen molar-refractivity contribution in [3.63, 3.8) is 0 Å². The van der Waals surface area contributed by atoms with Crippen molar-refractivity contribution in [1.29, 1.82) is 0 Å². The Kier molecular flexibility index (Phi) is 4.97. The molecule has 0 bridgehead atoms. The van der Waals surface area contributed by atoms with E-state index in [1.807, 2.05) is 0 Å². The largest absolute Gasteiger partial charge is 0.460 e. The Morgan fingerprint density at radius 1 is 1.42 bits per heavy atom. The van der Waals surface area contributed by atoms with Gasteiger partial charge in [0.05, 0.1) is 0 Å². The molecule has 2 atom stereocenters. The molecular formula is C16H23NO2. The predicted octanol–water partition coefficient (Wildman–Crippen LogP) is 3.00. The lowest BCUT2D eigenvalue weighted by atomic mass is 9.98. The molecule has 1 aromatic rings. The smallest absolute Gasteiger partial charge is 0.323 e. The first-order valence-corrected chi connectivity index (χ1v) is 7.19. The highest BCUT2D eigenvalue weighted by molar-refractivity contribution is 5.76. The number of ether oxygens (including phenoxy) is 1. The molecule has 1 aliphatic heterocycles. The van der Waals surface area contributed by atoms with Crippen molar-refractivity contribution < 1.29 is 9.53 Å². The summed E-state index contributed by atoms with van der Waals surface area (Å²) in [6.07, 6.45) is 3.09. The van der Waals surface area contributed by atoms with E-state index in [0.717, 1.165) is 31.4 Å². The topological polar surface area (TPSA) is 38.3 Å². The standard InChI is InChI=1S/C16H23NO2/c1-3-12(2)14-8-6-13(7-9-14)11-19-16(18)15-5-4-10-17-15/h6-9,12,15,17H,3-5,10-11H2,1-2H3. The highest BCUT2D eigenvalue weighted by Gasteiger charge is 2.23. The van der Waals surface area contributed by atoms with Crippen molar-refractivity contribution in [1.82, 2.24) is 5.32 Å². The molecule has 1 aliphatic rings. The molecule has 1 heterocycles. The molecule has 0 amide bonds. The molecule has 3 nitrogen and oxygen atoms in total. The van der Waals surface area contributed by atoms with E-state index in [0.29, 0.717) is 12.5 Å². The Hall–Kier alpha value is -1.35. The molecule has 1 fully saturated rings. The predicted molar refractivity (Wildman–Crippen MR) is 76.0 cm³/mol. The maximum atomic E-state index is 11.8. The third-order valence-corrected chi connectivity index (χ3v) is 3.89. The minimum Gasteiger partial charge on any atom is -0.460 e. The van der Waals surface area contributed by atoms with E-state index in [-0.39, 0.29) is 12.0 Å². The molecular weight excluding hydrogens is 238 g/mol. The van der Waals surface area contributed by atoms with Gasteiger partial charge >= 0.3 is 5.97 Å². The van der Waals surface area contributed by atoms with Gasteiger partial charge in [-0.1, -0.05) is 38.1 Å². The molecule has 1 saturated heterocycles. The van der Waals surface area contributed by atoms with Gasteiger partial charge in [0.1, 0.15) is 12.6 Å². The molecule has 1 aromatic carbocycles. The highest BCUT2D eigenvalue weighted by atomic mass is 16.5. The second-order valence-electron chi connectivity index (χ2n) is 5.31. The number of carbonyl (C=O) groups excluding carboxylic acids is 1. The zero-order valence-corrected chi connectivity index (χ0v) is 11.8. The molecule has 0 aliphatic carbocycles. The van der Waals surface area contributed by atoms with E-state index >= 15 is 0 Å². The van der Waals surface area contributed by atoms with Crippen LogP contribution in [0.3, 0.4) is 0 Å². The normalized spacial score (nSPS) is 20.2. The summed E-state index contributed by atoms with van der Waals surface area (Å²) in [5.41, 5.74) is 2.40. The van der Waals surface area contributed by atoms with E-state index < -0.39 is 0 Å². The van der Waals surface area contributed by atoms with Gasteiger partial charge in [-0.15, -0.1) is 0 Å². The first-order chi connectivity index (χ1) is 9.20.